The molecular weight excluding hydrogens is 218 g/mol. The zero-order valence-electron chi connectivity index (χ0n) is 6.96. The molecule has 3 heteroatoms. The van der Waals surface area contributed by atoms with Crippen molar-refractivity contribution in [1.82, 2.24) is 0 Å². The predicted octanol–water partition coefficient (Wildman–Crippen LogP) is 1.57. The van der Waals surface area contributed by atoms with Crippen LogP contribution in [0.3, 0.4) is 0 Å². The molecule has 0 bridgehead atoms. The van der Waals surface area contributed by atoms with Crippen LogP contribution < -0.4 is 4.57 Å². The third-order valence-electron chi connectivity index (χ3n) is 1.67. The lowest BCUT2D eigenvalue weighted by atomic mass is 10.2. The summed E-state index contributed by atoms with van der Waals surface area (Å²) in [6.07, 6.45) is 3.81. The van der Waals surface area contributed by atoms with Crippen LogP contribution in [0.15, 0.2) is 24.5 Å². The molecule has 0 amide bonds. The van der Waals surface area contributed by atoms with E-state index in [1.807, 2.05) is 36.0 Å². The van der Waals surface area contributed by atoms with E-state index < -0.39 is 0 Å². The minimum atomic E-state index is 0.123. The normalized spacial score (nSPS) is 9.83. The predicted molar refractivity (Wildman–Crippen MR) is 50.4 cm³/mol. The highest BCUT2D eigenvalue weighted by Gasteiger charge is 2.07. The first-order chi connectivity index (χ1) is 5.77. The van der Waals surface area contributed by atoms with Gasteiger partial charge in [0.25, 0.3) is 0 Å². The Balaban J connectivity index is 2.93. The second-order valence-corrected chi connectivity index (χ2v) is 3.04. The summed E-state index contributed by atoms with van der Waals surface area (Å²) in [6.45, 7) is 2.94. The van der Waals surface area contributed by atoms with Crippen LogP contribution in [0.4, 0.5) is 0 Å². The molecule has 0 radical (unpaired) electrons. The Labute approximate surface area is 80.3 Å². The van der Waals surface area contributed by atoms with Crippen LogP contribution in [0.5, 0.6) is 0 Å². The van der Waals surface area contributed by atoms with Gasteiger partial charge in [-0.25, -0.2) is 4.57 Å². The molecule has 0 aliphatic carbocycles. The highest BCUT2D eigenvalue weighted by molar-refractivity contribution is 9.09. The molecule has 0 saturated heterocycles. The Kier molecular flexibility index (Phi) is 3.41. The second-order valence-electron chi connectivity index (χ2n) is 2.48. The summed E-state index contributed by atoms with van der Waals surface area (Å²) < 4.78 is 1.98. The maximum atomic E-state index is 11.2. The third-order valence-corrected chi connectivity index (χ3v) is 2.18. The van der Waals surface area contributed by atoms with Gasteiger partial charge in [0, 0.05) is 6.07 Å². The van der Waals surface area contributed by atoms with Gasteiger partial charge in [-0.3, -0.25) is 4.79 Å². The van der Waals surface area contributed by atoms with Crippen molar-refractivity contribution in [3.63, 3.8) is 0 Å². The van der Waals surface area contributed by atoms with E-state index in [1.54, 1.807) is 0 Å². The van der Waals surface area contributed by atoms with E-state index in [0.29, 0.717) is 5.33 Å². The molecular formula is C9H11BrNO+. The number of carbonyl (C=O) groups excluding carboxylic acids is 1. The monoisotopic (exact) mass is 228 g/mol. The lowest BCUT2D eigenvalue weighted by molar-refractivity contribution is -0.693. The Morgan fingerprint density at radius 1 is 1.67 bits per heavy atom. The van der Waals surface area contributed by atoms with Crippen molar-refractivity contribution in [2.24, 2.45) is 0 Å². The highest BCUT2D eigenvalue weighted by atomic mass is 79.9. The fourth-order valence-corrected chi connectivity index (χ4v) is 1.28. The van der Waals surface area contributed by atoms with Crippen LogP contribution in [0.25, 0.3) is 0 Å². The number of hydrogen-bond acceptors (Lipinski definition) is 1. The number of ketones is 1. The maximum Gasteiger partial charge on any atom is 0.179 e. The Morgan fingerprint density at radius 2 is 2.42 bits per heavy atom. The van der Waals surface area contributed by atoms with E-state index in [1.165, 1.54) is 0 Å². The van der Waals surface area contributed by atoms with Gasteiger partial charge in [-0.15, -0.1) is 0 Å². The Morgan fingerprint density at radius 3 is 3.00 bits per heavy atom. The van der Waals surface area contributed by atoms with Gasteiger partial charge in [0.1, 0.15) is 6.54 Å². The Bertz CT molecular complexity index is 286. The molecule has 1 aromatic heterocycles. The van der Waals surface area contributed by atoms with Crippen LogP contribution in [-0.2, 0) is 6.54 Å². The first-order valence-electron chi connectivity index (χ1n) is 3.86. The summed E-state index contributed by atoms with van der Waals surface area (Å²) in [5.74, 6) is 0.123. The van der Waals surface area contributed by atoms with Crippen molar-refractivity contribution >= 4 is 21.7 Å². The lowest BCUT2D eigenvalue weighted by Crippen LogP contribution is -2.32. The molecule has 0 unspecified atom stereocenters. The molecule has 0 aromatic carbocycles. The number of aryl methyl sites for hydroxylation is 1. The van der Waals surface area contributed by atoms with E-state index in [2.05, 4.69) is 15.9 Å². The number of rotatable bonds is 3. The number of nitrogens with zero attached hydrogens (tertiary/aromatic N) is 1. The maximum absolute atomic E-state index is 11.2. The number of aromatic nitrogens is 1. The fourth-order valence-electron chi connectivity index (χ4n) is 0.961. The number of Topliss-reactive ketones (excluding diaryl/α,β-unsaturated/α-hetero) is 1. The minimum absolute atomic E-state index is 0.123. The first kappa shape index (κ1) is 9.39. The summed E-state index contributed by atoms with van der Waals surface area (Å²) in [4.78, 5) is 11.2. The van der Waals surface area contributed by atoms with Crippen molar-refractivity contribution in [3.8, 4) is 0 Å². The van der Waals surface area contributed by atoms with Crippen LogP contribution in [0.1, 0.15) is 17.3 Å². The molecule has 64 valence electrons. The van der Waals surface area contributed by atoms with Gasteiger partial charge < -0.3 is 0 Å². The van der Waals surface area contributed by atoms with Gasteiger partial charge in [-0.05, 0) is 13.0 Å². The van der Waals surface area contributed by atoms with E-state index >= 15 is 0 Å². The number of hydrogen-bond donors (Lipinski definition) is 0. The molecule has 1 heterocycles. The summed E-state index contributed by atoms with van der Waals surface area (Å²) in [7, 11) is 0. The number of pyridine rings is 1. The first-order valence-corrected chi connectivity index (χ1v) is 4.98. The molecule has 0 spiro atoms. The summed E-state index contributed by atoms with van der Waals surface area (Å²) in [5, 5.41) is 0.390. The number of carbonyl (C=O) groups is 1. The van der Waals surface area contributed by atoms with Gasteiger partial charge in [-0.2, -0.15) is 0 Å². The van der Waals surface area contributed by atoms with E-state index in [9.17, 15) is 4.79 Å². The van der Waals surface area contributed by atoms with Crippen molar-refractivity contribution in [2.45, 2.75) is 13.5 Å². The molecule has 0 fully saturated rings. The average Bonchev–Trinajstić information content (AvgIpc) is 2.17. The fraction of sp³-hybridized carbons (Fsp3) is 0.333. The lowest BCUT2D eigenvalue weighted by Gasteiger charge is -1.95. The average molecular weight is 229 g/mol. The summed E-state index contributed by atoms with van der Waals surface area (Å²) in [5.41, 5.74) is 0.760. The molecule has 0 aliphatic rings. The van der Waals surface area contributed by atoms with E-state index in [0.717, 1.165) is 12.1 Å². The zero-order valence-corrected chi connectivity index (χ0v) is 8.54. The second kappa shape index (κ2) is 4.36. The van der Waals surface area contributed by atoms with Gasteiger partial charge in [0.2, 0.25) is 0 Å². The van der Waals surface area contributed by atoms with Crippen LogP contribution in [0.2, 0.25) is 0 Å². The largest absolute Gasteiger partial charge is 0.293 e. The zero-order chi connectivity index (χ0) is 8.97. The molecule has 2 nitrogen and oxygen atoms in total. The molecule has 12 heavy (non-hydrogen) atoms. The highest BCUT2D eigenvalue weighted by Crippen LogP contribution is 1.98. The van der Waals surface area contributed by atoms with Crippen LogP contribution in [-0.4, -0.2) is 11.1 Å². The molecule has 0 N–H and O–H groups in total. The smallest absolute Gasteiger partial charge is 0.179 e. The van der Waals surface area contributed by atoms with Gasteiger partial charge >= 0.3 is 0 Å². The van der Waals surface area contributed by atoms with Crippen molar-refractivity contribution < 1.29 is 9.36 Å². The molecule has 0 saturated carbocycles. The summed E-state index contributed by atoms with van der Waals surface area (Å²) >= 11 is 3.14. The molecule has 1 rings (SSSR count). The standard InChI is InChI=1S/C9H11BrNO/c1-2-11-5-3-4-8(7-11)9(12)6-10/h3-5,7H,2,6H2,1H3/q+1. The molecule has 1 aromatic rings. The van der Waals surface area contributed by atoms with Crippen LogP contribution in [0, 0.1) is 0 Å². The Hall–Kier alpha value is -0.700. The topological polar surface area (TPSA) is 20.9 Å². The van der Waals surface area contributed by atoms with Gasteiger partial charge in [-0.1, -0.05) is 15.9 Å². The number of halogens is 1. The minimum Gasteiger partial charge on any atom is -0.293 e. The van der Waals surface area contributed by atoms with Gasteiger partial charge in [0.15, 0.2) is 18.2 Å². The molecule has 0 atom stereocenters. The molecule has 0 aliphatic heterocycles. The van der Waals surface area contributed by atoms with E-state index in [-0.39, 0.29) is 5.78 Å². The van der Waals surface area contributed by atoms with Crippen molar-refractivity contribution in [2.75, 3.05) is 5.33 Å². The SMILES string of the molecule is CC[n+]1cccc(C(=O)CBr)c1. The van der Waals surface area contributed by atoms with E-state index in [4.69, 9.17) is 0 Å². The third kappa shape index (κ3) is 2.14. The quantitative estimate of drug-likeness (QED) is 0.438. The van der Waals surface area contributed by atoms with Crippen molar-refractivity contribution in [1.29, 1.82) is 0 Å². The number of alkyl halides is 1. The van der Waals surface area contributed by atoms with Crippen LogP contribution >= 0.6 is 15.9 Å². The summed E-state index contributed by atoms with van der Waals surface area (Å²) in [6, 6.07) is 3.72. The van der Waals surface area contributed by atoms with Gasteiger partial charge in [0.05, 0.1) is 10.9 Å². The van der Waals surface area contributed by atoms with Crippen molar-refractivity contribution in [3.05, 3.63) is 30.1 Å².